The Morgan fingerprint density at radius 3 is 2.36 bits per heavy atom. The van der Waals surface area contributed by atoms with Crippen LogP contribution in [0.1, 0.15) is 26.4 Å². The first-order chi connectivity index (χ1) is 10.6. The van der Waals surface area contributed by atoms with Gasteiger partial charge in [-0.3, -0.25) is 18.4 Å². The zero-order chi connectivity index (χ0) is 16.4. The largest absolute Gasteiger partial charge is 0.577 e. The summed E-state index contributed by atoms with van der Waals surface area (Å²) in [5.41, 5.74) is 1.58. The molecule has 113 valence electrons. The van der Waals surface area contributed by atoms with E-state index in [4.69, 9.17) is 0 Å². The second-order valence-electron chi connectivity index (χ2n) is 4.08. The van der Waals surface area contributed by atoms with Crippen molar-refractivity contribution < 1.29 is 23.0 Å². The number of ether oxygens (including phenoxy) is 1. The molecule has 0 amide bonds. The Balaban J connectivity index is 0.000000745. The average molecular weight is 304 g/mol. The standard InChI is InChI=1S/C15H13NO3.BF2/c1-19-15(18)12-7-8-16-13(9-12)10-14(17)11-5-3-2-4-6-11;2-1-3/h2-9H,10H2,1H3;. The molecule has 0 fully saturated rings. The number of esters is 1. The van der Waals surface area contributed by atoms with Crippen molar-refractivity contribution in [2.24, 2.45) is 0 Å². The van der Waals surface area contributed by atoms with Crippen molar-refractivity contribution in [1.82, 2.24) is 4.98 Å². The van der Waals surface area contributed by atoms with E-state index in [0.29, 0.717) is 16.8 Å². The second kappa shape index (κ2) is 9.39. The summed E-state index contributed by atoms with van der Waals surface area (Å²) in [5, 5.41) is 0. The monoisotopic (exact) mass is 304 g/mol. The summed E-state index contributed by atoms with van der Waals surface area (Å²) in [6, 6.07) is 12.1. The molecule has 2 rings (SSSR count). The zero-order valence-corrected chi connectivity index (χ0v) is 11.8. The SMILES string of the molecule is COC(=O)c1ccnc(CC(=O)c2ccccc2)c1.F[B]F. The highest BCUT2D eigenvalue weighted by Crippen LogP contribution is 2.08. The summed E-state index contributed by atoms with van der Waals surface area (Å²) < 4.78 is 23.6. The van der Waals surface area contributed by atoms with Gasteiger partial charge in [0, 0.05) is 17.5 Å². The van der Waals surface area contributed by atoms with E-state index in [1.807, 2.05) is 18.2 Å². The van der Waals surface area contributed by atoms with E-state index in [1.54, 1.807) is 24.3 Å². The molecule has 0 aliphatic carbocycles. The van der Waals surface area contributed by atoms with Gasteiger partial charge in [-0.2, -0.15) is 0 Å². The molecule has 0 unspecified atom stereocenters. The quantitative estimate of drug-likeness (QED) is 0.495. The fraction of sp³-hybridized carbons (Fsp3) is 0.133. The molecule has 0 N–H and O–H groups in total. The third kappa shape index (κ3) is 5.44. The van der Waals surface area contributed by atoms with Crippen molar-refractivity contribution >= 4 is 19.6 Å². The Hall–Kier alpha value is -2.57. The molecule has 1 aromatic heterocycles. The van der Waals surface area contributed by atoms with Crippen molar-refractivity contribution in [3.05, 3.63) is 65.5 Å². The van der Waals surface area contributed by atoms with Crippen LogP contribution in [0.15, 0.2) is 48.7 Å². The molecular formula is C15H13BF2NO3. The average Bonchev–Trinajstić information content (AvgIpc) is 2.56. The van der Waals surface area contributed by atoms with Crippen LogP contribution in [0.4, 0.5) is 8.63 Å². The molecule has 1 heterocycles. The number of carbonyl (C=O) groups is 2. The number of aromatic nitrogens is 1. The Kier molecular flexibility index (Phi) is 7.46. The molecule has 0 bridgehead atoms. The van der Waals surface area contributed by atoms with Gasteiger partial charge in [-0.25, -0.2) is 4.79 Å². The van der Waals surface area contributed by atoms with Crippen LogP contribution < -0.4 is 0 Å². The molecule has 4 nitrogen and oxygen atoms in total. The van der Waals surface area contributed by atoms with Crippen LogP contribution in [0.25, 0.3) is 0 Å². The normalized spacial score (nSPS) is 9.23. The molecule has 1 aromatic carbocycles. The molecular weight excluding hydrogens is 291 g/mol. The van der Waals surface area contributed by atoms with Crippen LogP contribution >= 0.6 is 0 Å². The predicted molar refractivity (Wildman–Crippen MR) is 78.0 cm³/mol. The molecule has 2 aromatic rings. The lowest BCUT2D eigenvalue weighted by Gasteiger charge is -2.03. The van der Waals surface area contributed by atoms with Crippen LogP contribution in [-0.4, -0.2) is 31.7 Å². The minimum absolute atomic E-state index is 0.0323. The first-order valence-corrected chi connectivity index (χ1v) is 6.26. The van der Waals surface area contributed by atoms with Crippen LogP contribution in [-0.2, 0) is 11.2 Å². The van der Waals surface area contributed by atoms with Gasteiger partial charge in [-0.15, -0.1) is 0 Å². The number of halogens is 2. The summed E-state index contributed by atoms with van der Waals surface area (Å²) in [6.45, 7) is 0. The summed E-state index contributed by atoms with van der Waals surface area (Å²) in [4.78, 5) is 27.5. The highest BCUT2D eigenvalue weighted by atomic mass is 19.2. The van der Waals surface area contributed by atoms with Crippen molar-refractivity contribution in [1.29, 1.82) is 0 Å². The molecule has 0 aliphatic rings. The number of nitrogens with zero attached hydrogens (tertiary/aromatic N) is 1. The van der Waals surface area contributed by atoms with Crippen molar-refractivity contribution in [3.63, 3.8) is 0 Å². The van der Waals surface area contributed by atoms with Crippen LogP contribution in [0.5, 0.6) is 0 Å². The lowest BCUT2D eigenvalue weighted by atomic mass is 10.1. The van der Waals surface area contributed by atoms with Gasteiger partial charge >= 0.3 is 13.8 Å². The fourth-order valence-corrected chi connectivity index (χ4v) is 1.71. The summed E-state index contributed by atoms with van der Waals surface area (Å²) in [5.74, 6) is -0.467. The lowest BCUT2D eigenvalue weighted by Crippen LogP contribution is -2.07. The van der Waals surface area contributed by atoms with Gasteiger partial charge in [0.25, 0.3) is 0 Å². The van der Waals surface area contributed by atoms with Crippen LogP contribution in [0, 0.1) is 0 Å². The Labute approximate surface area is 127 Å². The topological polar surface area (TPSA) is 56.3 Å². The van der Waals surface area contributed by atoms with E-state index in [-0.39, 0.29) is 12.2 Å². The predicted octanol–water partition coefficient (Wildman–Crippen LogP) is 2.75. The van der Waals surface area contributed by atoms with Gasteiger partial charge in [-0.1, -0.05) is 30.3 Å². The van der Waals surface area contributed by atoms with Gasteiger partial charge in [0.05, 0.1) is 19.1 Å². The van der Waals surface area contributed by atoms with Crippen molar-refractivity contribution in [2.45, 2.75) is 6.42 Å². The van der Waals surface area contributed by atoms with E-state index in [0.717, 1.165) is 0 Å². The number of pyridine rings is 1. The lowest BCUT2D eigenvalue weighted by molar-refractivity contribution is 0.0600. The molecule has 0 saturated heterocycles. The third-order valence-corrected chi connectivity index (χ3v) is 2.68. The van der Waals surface area contributed by atoms with E-state index >= 15 is 0 Å². The molecule has 1 radical (unpaired) electrons. The Bertz CT molecular complexity index is 623. The van der Waals surface area contributed by atoms with Gasteiger partial charge in [0.2, 0.25) is 0 Å². The van der Waals surface area contributed by atoms with E-state index in [1.165, 1.54) is 13.3 Å². The molecule has 0 atom stereocenters. The maximum Gasteiger partial charge on any atom is 0.577 e. The molecule has 0 saturated carbocycles. The number of benzene rings is 1. The minimum atomic E-state index is -1.00. The second-order valence-corrected chi connectivity index (χ2v) is 4.08. The Morgan fingerprint density at radius 2 is 1.77 bits per heavy atom. The number of hydrogen-bond acceptors (Lipinski definition) is 4. The molecule has 22 heavy (non-hydrogen) atoms. The van der Waals surface area contributed by atoms with E-state index < -0.39 is 13.8 Å². The number of hydrogen-bond donors (Lipinski definition) is 0. The van der Waals surface area contributed by atoms with Gasteiger partial charge in [0.15, 0.2) is 5.78 Å². The Morgan fingerprint density at radius 1 is 1.14 bits per heavy atom. The van der Waals surface area contributed by atoms with Gasteiger partial charge in [-0.05, 0) is 12.1 Å². The highest BCUT2D eigenvalue weighted by molar-refractivity contribution is 6.15. The number of carbonyl (C=O) groups excluding carboxylic acids is 2. The van der Waals surface area contributed by atoms with Crippen molar-refractivity contribution in [2.75, 3.05) is 7.11 Å². The first kappa shape index (κ1) is 17.5. The molecule has 0 aliphatic heterocycles. The number of Topliss-reactive ketones (excluding diaryl/α,β-unsaturated/α-hetero) is 1. The van der Waals surface area contributed by atoms with Crippen molar-refractivity contribution in [3.8, 4) is 0 Å². The minimum Gasteiger partial charge on any atom is -0.465 e. The molecule has 7 heteroatoms. The third-order valence-electron chi connectivity index (χ3n) is 2.68. The molecule has 0 spiro atoms. The summed E-state index contributed by atoms with van der Waals surface area (Å²) >= 11 is 0. The van der Waals surface area contributed by atoms with Crippen LogP contribution in [0.2, 0.25) is 0 Å². The van der Waals surface area contributed by atoms with Gasteiger partial charge in [0.1, 0.15) is 0 Å². The number of methoxy groups -OCH3 is 1. The maximum atomic E-state index is 12.0. The van der Waals surface area contributed by atoms with Crippen LogP contribution in [0.3, 0.4) is 0 Å². The zero-order valence-electron chi connectivity index (χ0n) is 11.8. The first-order valence-electron chi connectivity index (χ1n) is 6.26. The summed E-state index contributed by atoms with van der Waals surface area (Å²) in [6.07, 6.45) is 1.66. The number of ketones is 1. The highest BCUT2D eigenvalue weighted by Gasteiger charge is 2.10. The fourth-order valence-electron chi connectivity index (χ4n) is 1.71. The van der Waals surface area contributed by atoms with E-state index in [2.05, 4.69) is 9.72 Å². The number of rotatable bonds is 4. The van der Waals surface area contributed by atoms with Gasteiger partial charge < -0.3 is 4.74 Å². The van der Waals surface area contributed by atoms with E-state index in [9.17, 15) is 18.2 Å². The summed E-state index contributed by atoms with van der Waals surface area (Å²) in [7, 11) is 0.317. The smallest absolute Gasteiger partial charge is 0.465 e. The maximum absolute atomic E-state index is 12.0.